The average molecular weight is 375 g/mol. The van der Waals surface area contributed by atoms with E-state index in [2.05, 4.69) is 31.2 Å². The fourth-order valence-corrected chi connectivity index (χ4v) is 5.52. The maximum Gasteiger partial charge on any atom is 0.160 e. The van der Waals surface area contributed by atoms with Gasteiger partial charge in [0.25, 0.3) is 0 Å². The molecule has 1 aromatic carbocycles. The number of hydrogen-bond acceptors (Lipinski definition) is 2. The highest BCUT2D eigenvalue weighted by molar-refractivity contribution is 5.24. The molecule has 2 saturated carbocycles. The van der Waals surface area contributed by atoms with Crippen LogP contribution in [0.15, 0.2) is 24.3 Å². The van der Waals surface area contributed by atoms with Crippen molar-refractivity contribution in [3.63, 3.8) is 0 Å². The van der Waals surface area contributed by atoms with Crippen molar-refractivity contribution in [3.8, 4) is 0 Å². The minimum atomic E-state index is -0.112. The Morgan fingerprint density at radius 3 is 1.85 bits per heavy atom. The SMILES string of the molecule is Cc1ccc(C2COC(C3CCC(C4CCC(CF)CC4)CC3)OC2)cc1. The van der Waals surface area contributed by atoms with Crippen molar-refractivity contribution in [1.82, 2.24) is 0 Å². The number of hydrogen-bond donors (Lipinski definition) is 0. The first kappa shape index (κ1) is 19.4. The van der Waals surface area contributed by atoms with Gasteiger partial charge in [-0.25, -0.2) is 0 Å². The monoisotopic (exact) mass is 374 g/mol. The fourth-order valence-electron chi connectivity index (χ4n) is 5.52. The van der Waals surface area contributed by atoms with E-state index in [1.54, 1.807) is 0 Å². The van der Waals surface area contributed by atoms with E-state index < -0.39 is 0 Å². The Bertz CT molecular complexity index is 563. The summed E-state index contributed by atoms with van der Waals surface area (Å²) in [5, 5.41) is 0. The maximum atomic E-state index is 12.8. The van der Waals surface area contributed by atoms with Gasteiger partial charge in [-0.15, -0.1) is 0 Å². The Hall–Kier alpha value is -0.930. The molecule has 0 radical (unpaired) electrons. The Morgan fingerprint density at radius 2 is 1.30 bits per heavy atom. The summed E-state index contributed by atoms with van der Waals surface area (Å²) in [5.41, 5.74) is 2.62. The highest BCUT2D eigenvalue weighted by Crippen LogP contribution is 2.43. The van der Waals surface area contributed by atoms with Crippen molar-refractivity contribution in [1.29, 1.82) is 0 Å². The minimum absolute atomic E-state index is 0.00470. The minimum Gasteiger partial charge on any atom is -0.352 e. The van der Waals surface area contributed by atoms with Crippen molar-refractivity contribution in [2.75, 3.05) is 19.9 Å². The van der Waals surface area contributed by atoms with Gasteiger partial charge in [-0.3, -0.25) is 4.39 Å². The Kier molecular flexibility index (Phi) is 6.50. The van der Waals surface area contributed by atoms with Gasteiger partial charge in [0, 0.05) is 11.8 Å². The third-order valence-corrected chi connectivity index (χ3v) is 7.45. The summed E-state index contributed by atoms with van der Waals surface area (Å²) in [6.07, 6.45) is 9.78. The standard InChI is InChI=1S/C24H35FO2/c1-17-2-6-21(7-3-17)23-15-26-24(27-16-23)22-12-10-20(11-13-22)19-8-4-18(14-25)5-9-19/h2-3,6-7,18-20,22-24H,4-5,8-16H2,1H3. The predicted molar refractivity (Wildman–Crippen MR) is 106 cm³/mol. The van der Waals surface area contributed by atoms with Crippen LogP contribution < -0.4 is 0 Å². The van der Waals surface area contributed by atoms with Gasteiger partial charge in [0.2, 0.25) is 0 Å². The second-order valence-electron chi connectivity index (χ2n) is 9.25. The summed E-state index contributed by atoms with van der Waals surface area (Å²) in [5.74, 6) is 2.97. The van der Waals surface area contributed by atoms with E-state index >= 15 is 0 Å². The lowest BCUT2D eigenvalue weighted by molar-refractivity contribution is -0.218. The number of ether oxygens (including phenoxy) is 2. The lowest BCUT2D eigenvalue weighted by Crippen LogP contribution is -2.38. The number of rotatable bonds is 4. The van der Waals surface area contributed by atoms with Gasteiger partial charge in [-0.2, -0.15) is 0 Å². The third kappa shape index (κ3) is 4.74. The van der Waals surface area contributed by atoms with Crippen LogP contribution in [0.5, 0.6) is 0 Å². The first-order valence-electron chi connectivity index (χ1n) is 11.1. The molecule has 0 bridgehead atoms. The Balaban J connectivity index is 1.21. The zero-order valence-electron chi connectivity index (χ0n) is 16.7. The van der Waals surface area contributed by atoms with Crippen LogP contribution in [0, 0.1) is 30.6 Å². The van der Waals surface area contributed by atoms with Crippen LogP contribution in [0.1, 0.15) is 68.4 Å². The normalized spacial score (nSPS) is 37.9. The molecule has 0 unspecified atom stereocenters. The molecule has 2 aliphatic carbocycles. The number of halogens is 1. The molecule has 3 fully saturated rings. The van der Waals surface area contributed by atoms with Crippen LogP contribution in [0.25, 0.3) is 0 Å². The lowest BCUT2D eigenvalue weighted by atomic mass is 9.69. The molecule has 3 aliphatic rings. The first-order valence-corrected chi connectivity index (χ1v) is 11.1. The Morgan fingerprint density at radius 1 is 0.778 bits per heavy atom. The van der Waals surface area contributed by atoms with E-state index in [0.717, 1.165) is 37.9 Å². The predicted octanol–water partition coefficient (Wildman–Crippen LogP) is 6.03. The summed E-state index contributed by atoms with van der Waals surface area (Å²) in [6.45, 7) is 3.57. The molecule has 0 spiro atoms. The van der Waals surface area contributed by atoms with E-state index in [9.17, 15) is 4.39 Å². The van der Waals surface area contributed by atoms with Gasteiger partial charge in [-0.1, -0.05) is 29.8 Å². The van der Waals surface area contributed by atoms with E-state index in [4.69, 9.17) is 9.47 Å². The molecule has 1 heterocycles. The number of benzene rings is 1. The van der Waals surface area contributed by atoms with Crippen LogP contribution in [0.2, 0.25) is 0 Å². The lowest BCUT2D eigenvalue weighted by Gasteiger charge is -2.41. The molecule has 0 amide bonds. The van der Waals surface area contributed by atoms with Crippen molar-refractivity contribution < 1.29 is 13.9 Å². The van der Waals surface area contributed by atoms with E-state index in [1.807, 2.05) is 0 Å². The molecule has 0 N–H and O–H groups in total. The topological polar surface area (TPSA) is 18.5 Å². The van der Waals surface area contributed by atoms with Crippen LogP contribution in [0.4, 0.5) is 4.39 Å². The molecule has 1 aromatic rings. The maximum absolute atomic E-state index is 12.8. The zero-order valence-corrected chi connectivity index (χ0v) is 16.7. The molecule has 4 rings (SSSR count). The summed E-state index contributed by atoms with van der Waals surface area (Å²) in [6, 6.07) is 8.75. The van der Waals surface area contributed by atoms with Gasteiger partial charge in [0.05, 0.1) is 19.9 Å². The first-order chi connectivity index (χ1) is 13.2. The van der Waals surface area contributed by atoms with Gasteiger partial charge in [0.15, 0.2) is 6.29 Å². The molecule has 1 aliphatic heterocycles. The van der Waals surface area contributed by atoms with Crippen molar-refractivity contribution in [3.05, 3.63) is 35.4 Å². The van der Waals surface area contributed by atoms with E-state index in [-0.39, 0.29) is 13.0 Å². The van der Waals surface area contributed by atoms with Gasteiger partial charge >= 0.3 is 0 Å². The van der Waals surface area contributed by atoms with Gasteiger partial charge in [-0.05, 0) is 81.6 Å². The number of alkyl halides is 1. The quantitative estimate of drug-likeness (QED) is 0.640. The molecule has 150 valence electrons. The van der Waals surface area contributed by atoms with E-state index in [0.29, 0.717) is 17.8 Å². The van der Waals surface area contributed by atoms with Crippen LogP contribution in [-0.4, -0.2) is 26.2 Å². The second-order valence-corrected chi connectivity index (χ2v) is 9.25. The highest BCUT2D eigenvalue weighted by Gasteiger charge is 2.36. The largest absolute Gasteiger partial charge is 0.352 e. The average Bonchev–Trinajstić information content (AvgIpc) is 2.75. The van der Waals surface area contributed by atoms with Crippen molar-refractivity contribution >= 4 is 0 Å². The Labute approximate surface area is 163 Å². The van der Waals surface area contributed by atoms with Crippen molar-refractivity contribution in [2.45, 2.75) is 70.5 Å². The fraction of sp³-hybridized carbons (Fsp3) is 0.750. The van der Waals surface area contributed by atoms with Gasteiger partial charge < -0.3 is 9.47 Å². The third-order valence-electron chi connectivity index (χ3n) is 7.45. The zero-order chi connectivity index (χ0) is 18.6. The van der Waals surface area contributed by atoms with Crippen molar-refractivity contribution in [2.24, 2.45) is 23.7 Å². The molecule has 3 heteroatoms. The van der Waals surface area contributed by atoms with Crippen LogP contribution >= 0.6 is 0 Å². The summed E-state index contributed by atoms with van der Waals surface area (Å²) < 4.78 is 25.2. The molecular weight excluding hydrogens is 339 g/mol. The molecule has 27 heavy (non-hydrogen) atoms. The highest BCUT2D eigenvalue weighted by atomic mass is 19.1. The summed E-state index contributed by atoms with van der Waals surface area (Å²) in [7, 11) is 0. The smallest absolute Gasteiger partial charge is 0.160 e. The molecule has 0 atom stereocenters. The van der Waals surface area contributed by atoms with E-state index in [1.165, 1.54) is 49.7 Å². The molecule has 0 aromatic heterocycles. The van der Waals surface area contributed by atoms with Crippen LogP contribution in [0.3, 0.4) is 0 Å². The summed E-state index contributed by atoms with van der Waals surface area (Å²) in [4.78, 5) is 0. The second kappa shape index (κ2) is 9.05. The summed E-state index contributed by atoms with van der Waals surface area (Å²) >= 11 is 0. The molecule has 2 nitrogen and oxygen atoms in total. The molecular formula is C24H35FO2. The van der Waals surface area contributed by atoms with Gasteiger partial charge in [0.1, 0.15) is 0 Å². The molecule has 1 saturated heterocycles. The van der Waals surface area contributed by atoms with Crippen LogP contribution in [-0.2, 0) is 9.47 Å². The number of aryl methyl sites for hydroxylation is 1.